The quantitative estimate of drug-likeness (QED) is 0.646. The molecule has 0 amide bonds. The maximum Gasteiger partial charge on any atom is 0.217 e. The third-order valence-electron chi connectivity index (χ3n) is 3.25. The fourth-order valence-electron chi connectivity index (χ4n) is 2.21. The van der Waals surface area contributed by atoms with E-state index in [9.17, 15) is 0 Å². The van der Waals surface area contributed by atoms with Crippen LogP contribution in [0.15, 0.2) is 18.3 Å². The fraction of sp³-hybridized carbons (Fsp3) is 0.385. The predicted octanol–water partition coefficient (Wildman–Crippen LogP) is 1.53. The molecule has 2 aromatic heterocycles. The lowest BCUT2D eigenvalue weighted by atomic mass is 10.0. The van der Waals surface area contributed by atoms with Crippen LogP contribution in [0, 0.1) is 6.92 Å². The van der Waals surface area contributed by atoms with Crippen molar-refractivity contribution in [3.63, 3.8) is 0 Å². The van der Waals surface area contributed by atoms with Crippen LogP contribution >= 0.6 is 11.6 Å². The molecule has 2 rings (SSSR count). The number of hydrogen-bond acceptors (Lipinski definition) is 5. The molecule has 20 heavy (non-hydrogen) atoms. The zero-order valence-corrected chi connectivity index (χ0v) is 12.5. The standard InChI is InChI=1S/C13H18ClN5O/c1-8-10(12(14)19(2)18-8)7-11(17-15)9-5-4-6-16-13(9)20-3/h4-6,11,17H,7,15H2,1-3H3. The minimum absolute atomic E-state index is 0.154. The number of hydrazine groups is 1. The fourth-order valence-corrected chi connectivity index (χ4v) is 2.46. The van der Waals surface area contributed by atoms with Crippen LogP contribution in [0.2, 0.25) is 5.15 Å². The highest BCUT2D eigenvalue weighted by molar-refractivity contribution is 6.30. The zero-order valence-electron chi connectivity index (χ0n) is 11.7. The number of nitrogens with zero attached hydrogens (tertiary/aromatic N) is 3. The molecule has 0 radical (unpaired) electrons. The molecule has 1 unspecified atom stereocenters. The first-order valence-electron chi connectivity index (χ1n) is 6.21. The van der Waals surface area contributed by atoms with Gasteiger partial charge in [0.05, 0.1) is 18.8 Å². The average molecular weight is 296 g/mol. The van der Waals surface area contributed by atoms with Gasteiger partial charge in [0, 0.05) is 24.4 Å². The SMILES string of the molecule is COc1ncccc1C(Cc1c(C)nn(C)c1Cl)NN. The topological polar surface area (TPSA) is 78.0 Å². The van der Waals surface area contributed by atoms with E-state index in [2.05, 4.69) is 15.5 Å². The smallest absolute Gasteiger partial charge is 0.217 e. The number of aromatic nitrogens is 3. The van der Waals surface area contributed by atoms with Crippen molar-refractivity contribution >= 4 is 11.6 Å². The third-order valence-corrected chi connectivity index (χ3v) is 3.72. The summed E-state index contributed by atoms with van der Waals surface area (Å²) < 4.78 is 6.92. The lowest BCUT2D eigenvalue weighted by Gasteiger charge is -2.18. The van der Waals surface area contributed by atoms with Crippen molar-refractivity contribution in [3.8, 4) is 5.88 Å². The molecule has 2 heterocycles. The molecule has 0 aliphatic heterocycles. The second-order valence-electron chi connectivity index (χ2n) is 4.50. The molecule has 0 aromatic carbocycles. The van der Waals surface area contributed by atoms with Crippen LogP contribution in [0.25, 0.3) is 0 Å². The van der Waals surface area contributed by atoms with Gasteiger partial charge in [-0.2, -0.15) is 5.10 Å². The number of hydrogen-bond donors (Lipinski definition) is 2. The molecule has 0 spiro atoms. The Kier molecular flexibility index (Phi) is 4.59. The second kappa shape index (κ2) is 6.21. The van der Waals surface area contributed by atoms with Gasteiger partial charge >= 0.3 is 0 Å². The number of methoxy groups -OCH3 is 1. The van der Waals surface area contributed by atoms with Gasteiger partial charge in [-0.1, -0.05) is 17.7 Å². The summed E-state index contributed by atoms with van der Waals surface area (Å²) in [5.41, 5.74) is 5.53. The Morgan fingerprint density at radius 2 is 2.30 bits per heavy atom. The number of halogens is 1. The molecule has 3 N–H and O–H groups in total. The molecule has 7 heteroatoms. The number of nitrogens with two attached hydrogens (primary N) is 1. The van der Waals surface area contributed by atoms with Gasteiger partial charge in [-0.25, -0.2) is 4.98 Å². The molecular formula is C13H18ClN5O. The molecule has 1 atom stereocenters. The first-order valence-corrected chi connectivity index (χ1v) is 6.59. The average Bonchev–Trinajstić information content (AvgIpc) is 2.70. The predicted molar refractivity (Wildman–Crippen MR) is 77.5 cm³/mol. The van der Waals surface area contributed by atoms with Gasteiger partial charge in [0.2, 0.25) is 5.88 Å². The number of ether oxygens (including phenoxy) is 1. The number of pyridine rings is 1. The molecule has 2 aromatic rings. The Labute approximate surface area is 122 Å². The van der Waals surface area contributed by atoms with E-state index >= 15 is 0 Å². The number of rotatable bonds is 5. The van der Waals surface area contributed by atoms with Gasteiger partial charge < -0.3 is 4.74 Å². The Morgan fingerprint density at radius 1 is 1.55 bits per heavy atom. The maximum atomic E-state index is 6.26. The highest BCUT2D eigenvalue weighted by Crippen LogP contribution is 2.28. The Bertz CT molecular complexity index is 598. The Balaban J connectivity index is 2.34. The van der Waals surface area contributed by atoms with E-state index in [0.29, 0.717) is 17.5 Å². The van der Waals surface area contributed by atoms with Crippen LogP contribution < -0.4 is 16.0 Å². The largest absolute Gasteiger partial charge is 0.481 e. The van der Waals surface area contributed by atoms with Crippen molar-refractivity contribution in [3.05, 3.63) is 40.3 Å². The molecule has 0 aliphatic rings. The van der Waals surface area contributed by atoms with E-state index in [1.807, 2.05) is 26.1 Å². The van der Waals surface area contributed by atoms with Gasteiger partial charge in [-0.3, -0.25) is 16.0 Å². The minimum atomic E-state index is -0.154. The maximum absolute atomic E-state index is 6.26. The molecule has 108 valence electrons. The van der Waals surface area contributed by atoms with E-state index in [4.69, 9.17) is 22.2 Å². The van der Waals surface area contributed by atoms with Crippen molar-refractivity contribution in [2.45, 2.75) is 19.4 Å². The van der Waals surface area contributed by atoms with E-state index in [0.717, 1.165) is 16.8 Å². The zero-order chi connectivity index (χ0) is 14.7. The van der Waals surface area contributed by atoms with Crippen LogP contribution in [0.3, 0.4) is 0 Å². The van der Waals surface area contributed by atoms with Crippen molar-refractivity contribution in [2.75, 3.05) is 7.11 Å². The summed E-state index contributed by atoms with van der Waals surface area (Å²) in [4.78, 5) is 4.19. The van der Waals surface area contributed by atoms with E-state index in [1.165, 1.54) is 0 Å². The number of nitrogens with one attached hydrogen (secondary N) is 1. The lowest BCUT2D eigenvalue weighted by Crippen LogP contribution is -2.30. The summed E-state index contributed by atoms with van der Waals surface area (Å²) in [6.45, 7) is 1.93. The molecule has 0 bridgehead atoms. The molecule has 0 saturated heterocycles. The van der Waals surface area contributed by atoms with Crippen molar-refractivity contribution in [2.24, 2.45) is 12.9 Å². The minimum Gasteiger partial charge on any atom is -0.481 e. The molecular weight excluding hydrogens is 278 g/mol. The highest BCUT2D eigenvalue weighted by Gasteiger charge is 2.20. The van der Waals surface area contributed by atoms with Gasteiger partial charge in [0.25, 0.3) is 0 Å². The summed E-state index contributed by atoms with van der Waals surface area (Å²) in [6.07, 6.45) is 2.29. The summed E-state index contributed by atoms with van der Waals surface area (Å²) in [5.74, 6) is 6.23. The molecule has 0 fully saturated rings. The summed E-state index contributed by atoms with van der Waals surface area (Å²) in [6, 6.07) is 3.62. The van der Waals surface area contributed by atoms with Crippen LogP contribution in [0.4, 0.5) is 0 Å². The van der Waals surface area contributed by atoms with E-state index < -0.39 is 0 Å². The molecule has 6 nitrogen and oxygen atoms in total. The van der Waals surface area contributed by atoms with Gasteiger partial charge in [-0.15, -0.1) is 0 Å². The molecule has 0 aliphatic carbocycles. The second-order valence-corrected chi connectivity index (χ2v) is 4.86. The van der Waals surface area contributed by atoms with Crippen molar-refractivity contribution < 1.29 is 4.74 Å². The lowest BCUT2D eigenvalue weighted by molar-refractivity contribution is 0.382. The van der Waals surface area contributed by atoms with E-state index in [-0.39, 0.29) is 6.04 Å². The number of aryl methyl sites for hydroxylation is 2. The third kappa shape index (κ3) is 2.77. The normalized spacial score (nSPS) is 12.4. The van der Waals surface area contributed by atoms with Crippen molar-refractivity contribution in [1.29, 1.82) is 0 Å². The summed E-state index contributed by atoms with van der Waals surface area (Å²) in [7, 11) is 3.40. The van der Waals surface area contributed by atoms with Crippen LogP contribution in [-0.2, 0) is 13.5 Å². The molecule has 0 saturated carbocycles. The first-order chi connectivity index (χ1) is 9.58. The van der Waals surface area contributed by atoms with E-state index in [1.54, 1.807) is 18.0 Å². The highest BCUT2D eigenvalue weighted by atomic mass is 35.5. The van der Waals surface area contributed by atoms with Gasteiger partial charge in [0.15, 0.2) is 0 Å². The van der Waals surface area contributed by atoms with Crippen LogP contribution in [-0.4, -0.2) is 21.9 Å². The van der Waals surface area contributed by atoms with Crippen molar-refractivity contribution in [1.82, 2.24) is 20.2 Å². The Hall–Kier alpha value is -1.63. The summed E-state index contributed by atoms with van der Waals surface area (Å²) in [5, 5.41) is 4.92. The van der Waals surface area contributed by atoms with Gasteiger partial charge in [0.1, 0.15) is 5.15 Å². The van der Waals surface area contributed by atoms with Crippen LogP contribution in [0.5, 0.6) is 5.88 Å². The Morgan fingerprint density at radius 3 is 2.85 bits per heavy atom. The van der Waals surface area contributed by atoms with Gasteiger partial charge in [-0.05, 0) is 19.4 Å². The monoisotopic (exact) mass is 295 g/mol. The summed E-state index contributed by atoms with van der Waals surface area (Å²) >= 11 is 6.26. The van der Waals surface area contributed by atoms with Crippen LogP contribution in [0.1, 0.15) is 22.9 Å². The first kappa shape index (κ1) is 14.8.